The van der Waals surface area contributed by atoms with Crippen LogP contribution in [-0.2, 0) is 19.4 Å². The Morgan fingerprint density at radius 3 is 2.83 bits per heavy atom. The molecule has 0 atom stereocenters. The van der Waals surface area contributed by atoms with Crippen LogP contribution >= 0.6 is 0 Å². The van der Waals surface area contributed by atoms with E-state index in [1.54, 1.807) is 0 Å². The van der Waals surface area contributed by atoms with Gasteiger partial charge < -0.3 is 0 Å². The van der Waals surface area contributed by atoms with Crippen LogP contribution in [0.25, 0.3) is 0 Å². The van der Waals surface area contributed by atoms with E-state index >= 15 is 0 Å². The molecule has 0 amide bonds. The third kappa shape index (κ3) is 1.06. The van der Waals surface area contributed by atoms with Crippen LogP contribution in [0.4, 0.5) is 0 Å². The lowest BCUT2D eigenvalue weighted by Crippen LogP contribution is -2.07. The van der Waals surface area contributed by atoms with Crippen LogP contribution in [0.3, 0.4) is 0 Å². The molecule has 66 valence electrons. The number of fused-ring (bicyclic) bond motifs is 1. The molecule has 2 nitrogen and oxygen atoms in total. The Hall–Kier alpha value is -0.790. The Morgan fingerprint density at radius 1 is 1.33 bits per heavy atom. The first-order chi connectivity index (χ1) is 5.83. The van der Waals surface area contributed by atoms with Gasteiger partial charge in [0.2, 0.25) is 0 Å². The van der Waals surface area contributed by atoms with Crippen LogP contribution in [0.1, 0.15) is 36.7 Å². The Morgan fingerprint density at radius 2 is 2.08 bits per heavy atom. The number of aryl methyl sites for hydroxylation is 2. The van der Waals surface area contributed by atoms with Gasteiger partial charge in [-0.2, -0.15) is 5.10 Å². The predicted octanol–water partition coefficient (Wildman–Crippen LogP) is 2.09. The van der Waals surface area contributed by atoms with Gasteiger partial charge in [-0.15, -0.1) is 0 Å². The van der Waals surface area contributed by atoms with Crippen molar-refractivity contribution in [1.82, 2.24) is 9.78 Å². The monoisotopic (exact) mass is 164 g/mol. The highest BCUT2D eigenvalue weighted by atomic mass is 15.3. The first kappa shape index (κ1) is 7.84. The van der Waals surface area contributed by atoms with Crippen molar-refractivity contribution in [2.24, 2.45) is 0 Å². The maximum atomic E-state index is 4.53. The van der Waals surface area contributed by atoms with Gasteiger partial charge >= 0.3 is 0 Å². The van der Waals surface area contributed by atoms with Gasteiger partial charge in [-0.05, 0) is 45.1 Å². The summed E-state index contributed by atoms with van der Waals surface area (Å²) >= 11 is 0. The summed E-state index contributed by atoms with van der Waals surface area (Å²) in [6.45, 7) is 5.33. The standard InChI is InChI=1S/C10H16N2/c1-3-12-10-7-5-4-6-9(10)8(2)11-12/h3-7H2,1-2H3. The highest BCUT2D eigenvalue weighted by molar-refractivity contribution is 5.27. The molecule has 0 bridgehead atoms. The molecular weight excluding hydrogens is 148 g/mol. The van der Waals surface area contributed by atoms with Crippen molar-refractivity contribution < 1.29 is 0 Å². The van der Waals surface area contributed by atoms with Gasteiger partial charge in [-0.3, -0.25) is 4.68 Å². The third-order valence-corrected chi connectivity index (χ3v) is 2.76. The number of hydrogen-bond donors (Lipinski definition) is 0. The fourth-order valence-electron chi connectivity index (χ4n) is 2.13. The van der Waals surface area contributed by atoms with Crippen LogP contribution in [0.5, 0.6) is 0 Å². The van der Waals surface area contributed by atoms with E-state index < -0.39 is 0 Å². The van der Waals surface area contributed by atoms with E-state index in [0.29, 0.717) is 0 Å². The molecule has 1 aromatic heterocycles. The molecule has 0 aromatic carbocycles. The maximum absolute atomic E-state index is 4.53. The molecule has 0 radical (unpaired) electrons. The molecule has 0 unspecified atom stereocenters. The second-order valence-corrected chi connectivity index (χ2v) is 3.53. The molecule has 0 spiro atoms. The minimum Gasteiger partial charge on any atom is -0.269 e. The smallest absolute Gasteiger partial charge is 0.0628 e. The zero-order valence-corrected chi connectivity index (χ0v) is 7.93. The molecule has 1 aliphatic carbocycles. The van der Waals surface area contributed by atoms with Gasteiger partial charge in [0.1, 0.15) is 0 Å². The Balaban J connectivity index is 2.47. The highest BCUT2D eigenvalue weighted by Gasteiger charge is 2.16. The number of rotatable bonds is 1. The summed E-state index contributed by atoms with van der Waals surface area (Å²) in [6.07, 6.45) is 5.19. The summed E-state index contributed by atoms with van der Waals surface area (Å²) in [5.41, 5.74) is 4.29. The maximum Gasteiger partial charge on any atom is 0.0628 e. The molecule has 0 saturated carbocycles. The van der Waals surface area contributed by atoms with Crippen LogP contribution in [0.2, 0.25) is 0 Å². The van der Waals surface area contributed by atoms with E-state index in [2.05, 4.69) is 23.6 Å². The van der Waals surface area contributed by atoms with Gasteiger partial charge in [0.05, 0.1) is 5.69 Å². The second kappa shape index (κ2) is 2.92. The van der Waals surface area contributed by atoms with E-state index in [1.807, 2.05) is 0 Å². The van der Waals surface area contributed by atoms with E-state index in [0.717, 1.165) is 6.54 Å². The Kier molecular flexibility index (Phi) is 1.91. The molecule has 0 aliphatic heterocycles. The molecule has 1 aromatic rings. The summed E-state index contributed by atoms with van der Waals surface area (Å²) in [4.78, 5) is 0. The van der Waals surface area contributed by atoms with Crippen molar-refractivity contribution in [3.8, 4) is 0 Å². The fraction of sp³-hybridized carbons (Fsp3) is 0.700. The molecule has 0 saturated heterocycles. The van der Waals surface area contributed by atoms with Crippen LogP contribution in [-0.4, -0.2) is 9.78 Å². The van der Waals surface area contributed by atoms with Crippen LogP contribution in [0.15, 0.2) is 0 Å². The fourth-order valence-corrected chi connectivity index (χ4v) is 2.13. The lowest BCUT2D eigenvalue weighted by atomic mass is 9.96. The molecule has 1 aliphatic rings. The van der Waals surface area contributed by atoms with Gasteiger partial charge in [0.25, 0.3) is 0 Å². The van der Waals surface area contributed by atoms with Crippen molar-refractivity contribution in [2.75, 3.05) is 0 Å². The zero-order chi connectivity index (χ0) is 8.55. The van der Waals surface area contributed by atoms with Gasteiger partial charge in [0, 0.05) is 12.2 Å². The summed E-state index contributed by atoms with van der Waals surface area (Å²) in [5.74, 6) is 0. The normalized spacial score (nSPS) is 16.2. The predicted molar refractivity (Wildman–Crippen MR) is 49.3 cm³/mol. The first-order valence-electron chi connectivity index (χ1n) is 4.88. The quantitative estimate of drug-likeness (QED) is 0.621. The van der Waals surface area contributed by atoms with E-state index in [4.69, 9.17) is 0 Å². The minimum absolute atomic E-state index is 1.02. The van der Waals surface area contributed by atoms with Crippen LogP contribution in [0, 0.1) is 6.92 Å². The summed E-state index contributed by atoms with van der Waals surface area (Å²) in [5, 5.41) is 4.53. The third-order valence-electron chi connectivity index (χ3n) is 2.76. The van der Waals surface area contributed by atoms with Crippen molar-refractivity contribution in [3.63, 3.8) is 0 Å². The zero-order valence-electron chi connectivity index (χ0n) is 7.93. The van der Waals surface area contributed by atoms with Crippen LogP contribution < -0.4 is 0 Å². The highest BCUT2D eigenvalue weighted by Crippen LogP contribution is 2.23. The molecule has 12 heavy (non-hydrogen) atoms. The SMILES string of the molecule is CCn1nc(C)c2c1CCCC2. The Bertz CT molecular complexity index is 286. The van der Waals surface area contributed by atoms with E-state index in [-0.39, 0.29) is 0 Å². The lowest BCUT2D eigenvalue weighted by molar-refractivity contribution is 0.581. The lowest BCUT2D eigenvalue weighted by Gasteiger charge is -2.12. The molecule has 2 rings (SSSR count). The molecule has 0 fully saturated rings. The number of hydrogen-bond acceptors (Lipinski definition) is 1. The summed E-state index contributed by atoms with van der Waals surface area (Å²) < 4.78 is 2.17. The average Bonchev–Trinajstić information content (AvgIpc) is 2.44. The largest absolute Gasteiger partial charge is 0.269 e. The first-order valence-corrected chi connectivity index (χ1v) is 4.88. The van der Waals surface area contributed by atoms with E-state index in [9.17, 15) is 0 Å². The summed E-state index contributed by atoms with van der Waals surface area (Å²) in [6, 6.07) is 0. The Labute approximate surface area is 73.6 Å². The number of nitrogens with zero attached hydrogens (tertiary/aromatic N) is 2. The van der Waals surface area contributed by atoms with Gasteiger partial charge in [-0.1, -0.05) is 0 Å². The molecule has 1 heterocycles. The van der Waals surface area contributed by atoms with Gasteiger partial charge in [0.15, 0.2) is 0 Å². The second-order valence-electron chi connectivity index (χ2n) is 3.53. The van der Waals surface area contributed by atoms with Crippen molar-refractivity contribution in [2.45, 2.75) is 46.1 Å². The molecular formula is C10H16N2. The molecule has 0 N–H and O–H groups in total. The topological polar surface area (TPSA) is 17.8 Å². The van der Waals surface area contributed by atoms with Crippen molar-refractivity contribution in [1.29, 1.82) is 0 Å². The van der Waals surface area contributed by atoms with Crippen molar-refractivity contribution >= 4 is 0 Å². The van der Waals surface area contributed by atoms with E-state index in [1.165, 1.54) is 42.6 Å². The number of aromatic nitrogens is 2. The van der Waals surface area contributed by atoms with Gasteiger partial charge in [-0.25, -0.2) is 0 Å². The average molecular weight is 164 g/mol. The van der Waals surface area contributed by atoms with Crippen molar-refractivity contribution in [3.05, 3.63) is 17.0 Å². The molecule has 2 heteroatoms. The summed E-state index contributed by atoms with van der Waals surface area (Å²) in [7, 11) is 0. The minimum atomic E-state index is 1.02.